The number of nitrogens with one attached hydrogen (secondary N) is 1. The van der Waals surface area contributed by atoms with Gasteiger partial charge in [0.05, 0.1) is 5.75 Å². The van der Waals surface area contributed by atoms with Gasteiger partial charge in [0.2, 0.25) is 5.91 Å². The molecular weight excluding hydrogens is 258 g/mol. The maximum absolute atomic E-state index is 12.1. The Morgan fingerprint density at radius 1 is 1.32 bits per heavy atom. The fourth-order valence-corrected chi connectivity index (χ4v) is 2.65. The summed E-state index contributed by atoms with van der Waals surface area (Å²) in [6.45, 7) is 6.31. The highest BCUT2D eigenvalue weighted by molar-refractivity contribution is 8.01. The standard InChI is InChI=1S/C15H19NO2S/c1-15(2,3)19-9-13(17)11-4-6-12-10(8-11)5-7-14(18)16-12/h4,6,8H,5,7,9H2,1-3H3,(H,16,18). The van der Waals surface area contributed by atoms with Crippen LogP contribution < -0.4 is 5.32 Å². The molecule has 19 heavy (non-hydrogen) atoms. The molecular formula is C15H19NO2S. The van der Waals surface area contributed by atoms with Crippen LogP contribution in [0.25, 0.3) is 0 Å². The molecule has 0 radical (unpaired) electrons. The van der Waals surface area contributed by atoms with Crippen LogP contribution in [-0.2, 0) is 11.2 Å². The molecule has 0 bridgehead atoms. The molecule has 0 aromatic heterocycles. The predicted molar refractivity (Wildman–Crippen MR) is 79.9 cm³/mol. The van der Waals surface area contributed by atoms with E-state index >= 15 is 0 Å². The Morgan fingerprint density at radius 3 is 2.74 bits per heavy atom. The van der Waals surface area contributed by atoms with Gasteiger partial charge in [-0.2, -0.15) is 0 Å². The number of ketones is 1. The number of amides is 1. The van der Waals surface area contributed by atoms with Crippen LogP contribution in [0.5, 0.6) is 0 Å². The van der Waals surface area contributed by atoms with Crippen molar-refractivity contribution in [2.75, 3.05) is 11.1 Å². The predicted octanol–water partition coefficient (Wildman–Crippen LogP) is 3.29. The van der Waals surface area contributed by atoms with Crippen molar-refractivity contribution in [3.63, 3.8) is 0 Å². The Hall–Kier alpha value is -1.29. The third-order valence-corrected chi connectivity index (χ3v) is 4.23. The molecule has 1 N–H and O–H groups in total. The Bertz CT molecular complexity index is 517. The van der Waals surface area contributed by atoms with Gasteiger partial charge in [-0.25, -0.2) is 0 Å². The van der Waals surface area contributed by atoms with Crippen LogP contribution in [-0.4, -0.2) is 22.2 Å². The summed E-state index contributed by atoms with van der Waals surface area (Å²) in [6.07, 6.45) is 1.22. The molecule has 2 rings (SSSR count). The van der Waals surface area contributed by atoms with E-state index < -0.39 is 0 Å². The molecule has 0 atom stereocenters. The summed E-state index contributed by atoms with van der Waals surface area (Å²) >= 11 is 1.66. The van der Waals surface area contributed by atoms with Crippen molar-refractivity contribution < 1.29 is 9.59 Å². The summed E-state index contributed by atoms with van der Waals surface area (Å²) in [5.41, 5.74) is 2.65. The van der Waals surface area contributed by atoms with Gasteiger partial charge in [-0.05, 0) is 30.2 Å². The van der Waals surface area contributed by atoms with E-state index in [2.05, 4.69) is 26.1 Å². The highest BCUT2D eigenvalue weighted by Crippen LogP contribution is 2.26. The van der Waals surface area contributed by atoms with Crippen molar-refractivity contribution in [3.05, 3.63) is 29.3 Å². The van der Waals surface area contributed by atoms with E-state index in [0.717, 1.165) is 16.8 Å². The van der Waals surface area contributed by atoms with E-state index in [1.54, 1.807) is 17.8 Å². The van der Waals surface area contributed by atoms with Crippen molar-refractivity contribution in [2.45, 2.75) is 38.4 Å². The summed E-state index contributed by atoms with van der Waals surface area (Å²) in [6, 6.07) is 5.55. The number of fused-ring (bicyclic) bond motifs is 1. The van der Waals surface area contributed by atoms with Crippen LogP contribution >= 0.6 is 11.8 Å². The molecule has 1 amide bonds. The van der Waals surface area contributed by atoms with Crippen LogP contribution in [0.15, 0.2) is 18.2 Å². The van der Waals surface area contributed by atoms with Crippen LogP contribution in [0.2, 0.25) is 0 Å². The molecule has 0 spiro atoms. The first-order valence-corrected chi connectivity index (χ1v) is 7.44. The molecule has 0 saturated carbocycles. The number of hydrogen-bond donors (Lipinski definition) is 1. The van der Waals surface area contributed by atoms with Crippen molar-refractivity contribution in [1.29, 1.82) is 0 Å². The maximum atomic E-state index is 12.1. The average molecular weight is 277 g/mol. The summed E-state index contributed by atoms with van der Waals surface area (Å²) in [7, 11) is 0. The third kappa shape index (κ3) is 3.83. The summed E-state index contributed by atoms with van der Waals surface area (Å²) in [5.74, 6) is 0.698. The van der Waals surface area contributed by atoms with Gasteiger partial charge >= 0.3 is 0 Å². The quantitative estimate of drug-likeness (QED) is 0.862. The van der Waals surface area contributed by atoms with Gasteiger partial charge in [-0.3, -0.25) is 9.59 Å². The molecule has 0 fully saturated rings. The van der Waals surface area contributed by atoms with Gasteiger partial charge < -0.3 is 5.32 Å². The van der Waals surface area contributed by atoms with E-state index in [4.69, 9.17) is 0 Å². The molecule has 1 aromatic carbocycles. The molecule has 0 unspecified atom stereocenters. The number of thioether (sulfide) groups is 1. The first-order chi connectivity index (χ1) is 8.85. The Kier molecular flexibility index (Phi) is 3.99. The number of hydrogen-bond acceptors (Lipinski definition) is 3. The van der Waals surface area contributed by atoms with Gasteiger partial charge in [0.15, 0.2) is 5.78 Å². The minimum atomic E-state index is 0.0508. The monoisotopic (exact) mass is 277 g/mol. The van der Waals surface area contributed by atoms with Crippen molar-refractivity contribution >= 4 is 29.1 Å². The number of rotatable bonds is 3. The molecule has 1 aliphatic heterocycles. The summed E-state index contributed by atoms with van der Waals surface area (Å²) in [5, 5.41) is 2.83. The molecule has 102 valence electrons. The number of Topliss-reactive ketones (excluding diaryl/α,β-unsaturated/α-hetero) is 1. The van der Waals surface area contributed by atoms with E-state index in [1.807, 2.05) is 12.1 Å². The zero-order valence-electron chi connectivity index (χ0n) is 11.6. The number of benzene rings is 1. The lowest BCUT2D eigenvalue weighted by Crippen LogP contribution is -2.19. The second-order valence-electron chi connectivity index (χ2n) is 5.74. The van der Waals surface area contributed by atoms with E-state index in [9.17, 15) is 9.59 Å². The van der Waals surface area contributed by atoms with Crippen molar-refractivity contribution in [1.82, 2.24) is 0 Å². The maximum Gasteiger partial charge on any atom is 0.224 e. The van der Waals surface area contributed by atoms with Crippen LogP contribution in [0.1, 0.15) is 43.1 Å². The highest BCUT2D eigenvalue weighted by Gasteiger charge is 2.18. The Labute approximate surface area is 118 Å². The molecule has 1 aliphatic rings. The Morgan fingerprint density at radius 2 is 2.05 bits per heavy atom. The molecule has 0 saturated heterocycles. The number of carbonyl (C=O) groups excluding carboxylic acids is 2. The average Bonchev–Trinajstić information content (AvgIpc) is 2.34. The van der Waals surface area contributed by atoms with Gasteiger partial charge in [0.1, 0.15) is 0 Å². The first kappa shape index (κ1) is 14.1. The van der Waals surface area contributed by atoms with Gasteiger partial charge in [0.25, 0.3) is 0 Å². The zero-order valence-corrected chi connectivity index (χ0v) is 12.4. The number of aryl methyl sites for hydroxylation is 1. The van der Waals surface area contributed by atoms with Crippen LogP contribution in [0, 0.1) is 0 Å². The number of carbonyl (C=O) groups is 2. The lowest BCUT2D eigenvalue weighted by atomic mass is 9.99. The topological polar surface area (TPSA) is 46.2 Å². The number of anilines is 1. The molecule has 4 heteroatoms. The van der Waals surface area contributed by atoms with Crippen LogP contribution in [0.4, 0.5) is 5.69 Å². The normalized spacial score (nSPS) is 14.8. The largest absolute Gasteiger partial charge is 0.326 e. The Balaban J connectivity index is 2.09. The molecule has 1 aromatic rings. The third-order valence-electron chi connectivity index (χ3n) is 2.96. The second kappa shape index (κ2) is 5.37. The van der Waals surface area contributed by atoms with Gasteiger partial charge in [0, 0.05) is 22.4 Å². The minimum Gasteiger partial charge on any atom is -0.326 e. The van der Waals surface area contributed by atoms with E-state index in [-0.39, 0.29) is 16.4 Å². The highest BCUT2D eigenvalue weighted by atomic mass is 32.2. The first-order valence-electron chi connectivity index (χ1n) is 6.45. The summed E-state index contributed by atoms with van der Waals surface area (Å²) < 4.78 is 0.0951. The molecule has 3 nitrogen and oxygen atoms in total. The minimum absolute atomic E-state index is 0.0508. The van der Waals surface area contributed by atoms with E-state index in [1.165, 1.54) is 0 Å². The molecule has 1 heterocycles. The van der Waals surface area contributed by atoms with Crippen molar-refractivity contribution in [2.24, 2.45) is 0 Å². The molecule has 0 aliphatic carbocycles. The fraction of sp³-hybridized carbons (Fsp3) is 0.467. The van der Waals surface area contributed by atoms with Crippen LogP contribution in [0.3, 0.4) is 0 Å². The zero-order chi connectivity index (χ0) is 14.0. The SMILES string of the molecule is CC(C)(C)SCC(=O)c1ccc2c(c1)CCC(=O)N2. The second-order valence-corrected chi connectivity index (χ2v) is 7.55. The lowest BCUT2D eigenvalue weighted by Gasteiger charge is -2.19. The smallest absolute Gasteiger partial charge is 0.224 e. The fourth-order valence-electron chi connectivity index (χ4n) is 1.92. The summed E-state index contributed by atoms with van der Waals surface area (Å²) in [4.78, 5) is 23.4. The van der Waals surface area contributed by atoms with Crippen molar-refractivity contribution in [3.8, 4) is 0 Å². The van der Waals surface area contributed by atoms with Gasteiger partial charge in [-0.1, -0.05) is 20.8 Å². The van der Waals surface area contributed by atoms with E-state index in [0.29, 0.717) is 18.6 Å². The van der Waals surface area contributed by atoms with Gasteiger partial charge in [-0.15, -0.1) is 11.8 Å². The lowest BCUT2D eigenvalue weighted by molar-refractivity contribution is -0.116.